The van der Waals surface area contributed by atoms with Gasteiger partial charge in [-0.25, -0.2) is 9.67 Å². The van der Waals surface area contributed by atoms with Gasteiger partial charge in [0.15, 0.2) is 0 Å². The van der Waals surface area contributed by atoms with Crippen molar-refractivity contribution in [2.75, 3.05) is 0 Å². The van der Waals surface area contributed by atoms with E-state index in [4.69, 9.17) is 0 Å². The lowest BCUT2D eigenvalue weighted by Crippen LogP contribution is -1.99. The molecule has 3 aromatic rings. The van der Waals surface area contributed by atoms with E-state index in [9.17, 15) is 0 Å². The second kappa shape index (κ2) is 5.41. The molecular formula is C16H18N4S. The van der Waals surface area contributed by atoms with E-state index >= 15 is 0 Å². The molecule has 0 bridgehead atoms. The second-order valence-corrected chi connectivity index (χ2v) is 6.23. The van der Waals surface area contributed by atoms with E-state index in [-0.39, 0.29) is 0 Å². The average molecular weight is 298 g/mol. The Morgan fingerprint density at radius 3 is 2.67 bits per heavy atom. The van der Waals surface area contributed by atoms with Crippen LogP contribution in [0.1, 0.15) is 34.4 Å². The van der Waals surface area contributed by atoms with Crippen LogP contribution < -0.4 is 0 Å². The number of benzene rings is 1. The van der Waals surface area contributed by atoms with Gasteiger partial charge < -0.3 is 0 Å². The topological polar surface area (TPSA) is 43.6 Å². The van der Waals surface area contributed by atoms with Crippen LogP contribution in [0.5, 0.6) is 0 Å². The molecule has 0 spiro atoms. The van der Waals surface area contributed by atoms with Gasteiger partial charge in [0.05, 0.1) is 21.6 Å². The summed E-state index contributed by atoms with van der Waals surface area (Å²) in [5, 5.41) is 9.23. The molecule has 0 unspecified atom stereocenters. The van der Waals surface area contributed by atoms with Crippen LogP contribution in [-0.4, -0.2) is 20.0 Å². The number of fused-ring (bicyclic) bond motifs is 1. The van der Waals surface area contributed by atoms with Crippen molar-refractivity contribution < 1.29 is 0 Å². The molecule has 3 rings (SSSR count). The summed E-state index contributed by atoms with van der Waals surface area (Å²) in [7, 11) is 0. The van der Waals surface area contributed by atoms with Crippen molar-refractivity contribution in [3.63, 3.8) is 0 Å². The Morgan fingerprint density at radius 2 is 1.90 bits per heavy atom. The number of thiazole rings is 1. The van der Waals surface area contributed by atoms with Crippen LogP contribution in [0.2, 0.25) is 0 Å². The summed E-state index contributed by atoms with van der Waals surface area (Å²) in [6.45, 7) is 9.12. The molecule has 0 aliphatic heterocycles. The normalized spacial score (nSPS) is 11.8. The zero-order valence-electron chi connectivity index (χ0n) is 12.7. The highest BCUT2D eigenvalue weighted by molar-refractivity contribution is 7.19. The van der Waals surface area contributed by atoms with Gasteiger partial charge in [0.2, 0.25) is 0 Å². The van der Waals surface area contributed by atoms with Crippen molar-refractivity contribution >= 4 is 33.7 Å². The van der Waals surface area contributed by atoms with Crippen LogP contribution in [0.25, 0.3) is 22.4 Å². The molecule has 2 aromatic heterocycles. The zero-order valence-corrected chi connectivity index (χ0v) is 13.5. The zero-order chi connectivity index (χ0) is 15.0. The number of nitrogens with zero attached hydrogens (tertiary/aromatic N) is 4. The molecule has 108 valence electrons. The van der Waals surface area contributed by atoms with Crippen molar-refractivity contribution in [2.45, 2.75) is 34.2 Å². The summed E-state index contributed by atoms with van der Waals surface area (Å²) >= 11 is 1.71. The molecule has 0 fully saturated rings. The fourth-order valence-corrected chi connectivity index (χ4v) is 3.22. The van der Waals surface area contributed by atoms with Gasteiger partial charge in [-0.3, -0.25) is 0 Å². The van der Waals surface area contributed by atoms with E-state index in [1.807, 2.05) is 17.7 Å². The number of aryl methyl sites for hydroxylation is 4. The average Bonchev–Trinajstić information content (AvgIpc) is 3.00. The van der Waals surface area contributed by atoms with Crippen molar-refractivity contribution in [3.05, 3.63) is 39.7 Å². The monoisotopic (exact) mass is 298 g/mol. The Labute approximate surface area is 128 Å². The quantitative estimate of drug-likeness (QED) is 0.734. The number of hydrogen-bond donors (Lipinski definition) is 0. The van der Waals surface area contributed by atoms with Gasteiger partial charge in [-0.05, 0) is 63.1 Å². The van der Waals surface area contributed by atoms with E-state index in [0.29, 0.717) is 0 Å². The molecule has 0 atom stereocenters. The van der Waals surface area contributed by atoms with Gasteiger partial charge in [-0.15, -0.1) is 16.4 Å². The number of aromatic nitrogens is 4. The van der Waals surface area contributed by atoms with Crippen LogP contribution in [0, 0.1) is 20.8 Å². The van der Waals surface area contributed by atoms with Gasteiger partial charge in [0, 0.05) is 6.54 Å². The number of hydrogen-bond acceptors (Lipinski definition) is 4. The largest absolute Gasteiger partial charge is 0.245 e. The smallest absolute Gasteiger partial charge is 0.117 e. The maximum Gasteiger partial charge on any atom is 0.117 e. The summed E-state index contributed by atoms with van der Waals surface area (Å²) in [5.74, 6) is 0. The molecule has 5 heteroatoms. The Balaban J connectivity index is 1.98. The van der Waals surface area contributed by atoms with Crippen LogP contribution in [0.15, 0.2) is 12.1 Å². The van der Waals surface area contributed by atoms with E-state index in [0.717, 1.165) is 28.5 Å². The second-order valence-electron chi connectivity index (χ2n) is 5.17. The molecule has 0 aliphatic rings. The fraction of sp³-hybridized carbons (Fsp3) is 0.312. The molecule has 1 aromatic carbocycles. The molecule has 0 aliphatic carbocycles. The first-order valence-corrected chi connectivity index (χ1v) is 7.86. The van der Waals surface area contributed by atoms with Gasteiger partial charge in [-0.1, -0.05) is 5.21 Å². The number of rotatable bonds is 3. The van der Waals surface area contributed by atoms with Crippen molar-refractivity contribution in [3.8, 4) is 0 Å². The maximum absolute atomic E-state index is 4.68. The predicted octanol–water partition coefficient (Wildman–Crippen LogP) is 4.00. The van der Waals surface area contributed by atoms with E-state index in [1.54, 1.807) is 11.3 Å². The minimum absolute atomic E-state index is 0.818. The van der Waals surface area contributed by atoms with Gasteiger partial charge in [0.1, 0.15) is 5.01 Å². The molecular weight excluding hydrogens is 280 g/mol. The minimum Gasteiger partial charge on any atom is -0.245 e. The summed E-state index contributed by atoms with van der Waals surface area (Å²) in [6, 6.07) is 4.37. The van der Waals surface area contributed by atoms with Crippen LogP contribution in [-0.2, 0) is 6.54 Å². The molecule has 0 N–H and O–H groups in total. The highest BCUT2D eigenvalue weighted by Crippen LogP contribution is 2.26. The lowest BCUT2D eigenvalue weighted by Gasteiger charge is -1.97. The van der Waals surface area contributed by atoms with Gasteiger partial charge in [-0.2, -0.15) is 0 Å². The first-order chi connectivity index (χ1) is 10.1. The van der Waals surface area contributed by atoms with Crippen LogP contribution in [0.3, 0.4) is 0 Å². The Morgan fingerprint density at radius 1 is 1.14 bits per heavy atom. The van der Waals surface area contributed by atoms with E-state index in [1.165, 1.54) is 15.8 Å². The Bertz CT molecular complexity index is 787. The van der Waals surface area contributed by atoms with Crippen molar-refractivity contribution in [1.82, 2.24) is 20.0 Å². The summed E-state index contributed by atoms with van der Waals surface area (Å²) in [4.78, 5) is 4.68. The molecule has 2 heterocycles. The standard InChI is InChI=1S/C16H18N4S/c1-5-20-14(12(4)18-19-20)6-7-16-17-13-8-10(2)11(3)9-15(13)21-16/h6-9H,5H2,1-4H3/b7-6+. The Hall–Kier alpha value is -2.01. The third kappa shape index (κ3) is 2.61. The first kappa shape index (κ1) is 13.9. The highest BCUT2D eigenvalue weighted by atomic mass is 32.1. The first-order valence-electron chi connectivity index (χ1n) is 7.04. The minimum atomic E-state index is 0.818. The van der Waals surface area contributed by atoms with Crippen molar-refractivity contribution in [1.29, 1.82) is 0 Å². The van der Waals surface area contributed by atoms with Crippen LogP contribution in [0.4, 0.5) is 0 Å². The van der Waals surface area contributed by atoms with E-state index < -0.39 is 0 Å². The highest BCUT2D eigenvalue weighted by Gasteiger charge is 2.06. The third-order valence-corrected chi connectivity index (χ3v) is 4.64. The lowest BCUT2D eigenvalue weighted by atomic mass is 10.1. The molecule has 0 saturated carbocycles. The SMILES string of the molecule is CCn1nnc(C)c1/C=C/c1nc2cc(C)c(C)cc2s1. The molecule has 0 saturated heterocycles. The molecule has 0 amide bonds. The fourth-order valence-electron chi connectivity index (χ4n) is 2.27. The molecule has 21 heavy (non-hydrogen) atoms. The maximum atomic E-state index is 4.68. The Kier molecular flexibility index (Phi) is 3.59. The van der Waals surface area contributed by atoms with Crippen molar-refractivity contribution in [2.24, 2.45) is 0 Å². The molecule has 0 radical (unpaired) electrons. The summed E-state index contributed by atoms with van der Waals surface area (Å²) < 4.78 is 3.13. The summed E-state index contributed by atoms with van der Waals surface area (Å²) in [5.41, 5.74) is 5.66. The van der Waals surface area contributed by atoms with Gasteiger partial charge >= 0.3 is 0 Å². The van der Waals surface area contributed by atoms with Gasteiger partial charge in [0.25, 0.3) is 0 Å². The lowest BCUT2D eigenvalue weighted by molar-refractivity contribution is 0.622. The van der Waals surface area contributed by atoms with E-state index in [2.05, 4.69) is 54.3 Å². The van der Waals surface area contributed by atoms with Crippen LogP contribution >= 0.6 is 11.3 Å². The predicted molar refractivity (Wildman–Crippen MR) is 88.5 cm³/mol. The summed E-state index contributed by atoms with van der Waals surface area (Å²) in [6.07, 6.45) is 4.10. The third-order valence-electron chi connectivity index (χ3n) is 3.66. The molecule has 4 nitrogen and oxygen atoms in total.